The minimum absolute atomic E-state index is 0. The molecule has 0 aliphatic rings. The number of nitrogens with zero attached hydrogens (tertiary/aromatic N) is 3. The van der Waals surface area contributed by atoms with Gasteiger partial charge < -0.3 is 10.9 Å². The highest BCUT2D eigenvalue weighted by Gasteiger charge is 2.05. The van der Waals surface area contributed by atoms with E-state index in [0.29, 0.717) is 5.69 Å². The van der Waals surface area contributed by atoms with Gasteiger partial charge in [0.15, 0.2) is 5.34 Å². The molecule has 3 N–H and O–H groups in total. The van der Waals surface area contributed by atoms with Crippen molar-refractivity contribution in [2.75, 3.05) is 5.73 Å². The zero-order valence-corrected chi connectivity index (χ0v) is 21.6. The van der Waals surface area contributed by atoms with Crippen LogP contribution in [0.1, 0.15) is 0 Å². The van der Waals surface area contributed by atoms with E-state index in [0.717, 1.165) is 33.0 Å². The summed E-state index contributed by atoms with van der Waals surface area (Å²) in [5, 5.41) is 11.9. The van der Waals surface area contributed by atoms with Gasteiger partial charge >= 0.3 is 0 Å². The van der Waals surface area contributed by atoms with Crippen LogP contribution in [0.5, 0.6) is 0 Å². The van der Waals surface area contributed by atoms with Crippen molar-refractivity contribution in [1.82, 2.24) is 9.59 Å². The monoisotopic (exact) mass is 700 g/mol. The van der Waals surface area contributed by atoms with Crippen molar-refractivity contribution in [3.63, 3.8) is 0 Å². The molecule has 6 nitrogen and oxygen atoms in total. The minimum atomic E-state index is 0. The summed E-state index contributed by atoms with van der Waals surface area (Å²) in [5.74, 6) is 0. The van der Waals surface area contributed by atoms with Gasteiger partial charge in [-0.3, -0.25) is 0 Å². The fourth-order valence-electron chi connectivity index (χ4n) is 1.36. The smallest absolute Gasteiger partial charge is 0.152 e. The summed E-state index contributed by atoms with van der Waals surface area (Å²) in [5.41, 5.74) is 7.21. The summed E-state index contributed by atoms with van der Waals surface area (Å²) >= 11 is 19.0. The minimum Gasteiger partial charge on any atom is -0.397 e. The zero-order chi connectivity index (χ0) is 18.3. The summed E-state index contributed by atoms with van der Waals surface area (Å²) < 4.78 is 8.76. The van der Waals surface area contributed by atoms with E-state index in [1.54, 1.807) is 0 Å². The summed E-state index contributed by atoms with van der Waals surface area (Å²) in [6.45, 7) is 0. The predicted molar refractivity (Wildman–Crippen MR) is 124 cm³/mol. The summed E-state index contributed by atoms with van der Waals surface area (Å²) in [6, 6.07) is 7.70. The van der Waals surface area contributed by atoms with Gasteiger partial charge in [0.25, 0.3) is 0 Å². The normalized spacial score (nSPS) is 9.16. The van der Waals surface area contributed by atoms with Crippen molar-refractivity contribution < 1.29 is 5.21 Å². The van der Waals surface area contributed by atoms with Gasteiger partial charge in [0.2, 0.25) is 0 Å². The molecule has 136 valence electrons. The van der Waals surface area contributed by atoms with Gasteiger partial charge in [-0.25, -0.2) is 0 Å². The maximum absolute atomic E-state index is 8.11. The molecule has 0 bridgehead atoms. The van der Waals surface area contributed by atoms with Crippen molar-refractivity contribution in [1.29, 1.82) is 0 Å². The lowest BCUT2D eigenvalue weighted by Gasteiger charge is -2.02. The van der Waals surface area contributed by atoms with Gasteiger partial charge in [-0.2, -0.15) is 0 Å². The lowest BCUT2D eigenvalue weighted by atomic mass is 10.3. The average Bonchev–Trinajstić information content (AvgIpc) is 3.05. The number of hydrogen-bond donors (Lipinski definition) is 3. The van der Waals surface area contributed by atoms with Crippen LogP contribution in [-0.4, -0.2) is 14.8 Å². The van der Waals surface area contributed by atoms with Gasteiger partial charge in [-0.05, 0) is 99.5 Å². The quantitative estimate of drug-likeness (QED) is 0.101. The Bertz CT molecular complexity index is 787. The highest BCUT2D eigenvalue weighted by Crippen LogP contribution is 2.32. The van der Waals surface area contributed by atoms with Gasteiger partial charge in [0, 0.05) is 22.8 Å². The van der Waals surface area contributed by atoms with E-state index in [1.807, 2.05) is 24.3 Å². The van der Waals surface area contributed by atoms with E-state index >= 15 is 0 Å². The first-order valence-corrected chi connectivity index (χ1v) is 10.2. The van der Waals surface area contributed by atoms with Gasteiger partial charge in [0.1, 0.15) is 5.52 Å². The molecule has 3 aromatic rings. The van der Waals surface area contributed by atoms with Crippen molar-refractivity contribution in [2.45, 2.75) is 4.90 Å². The van der Waals surface area contributed by atoms with Crippen LogP contribution in [0.2, 0.25) is 0 Å². The van der Waals surface area contributed by atoms with Gasteiger partial charge in [0.05, 0.1) is 10.4 Å². The molecule has 0 atom stereocenters. The van der Waals surface area contributed by atoms with E-state index < -0.39 is 0 Å². The molecular weight excluding hydrogens is 696 g/mol. The van der Waals surface area contributed by atoms with Crippen LogP contribution in [0.25, 0.3) is 10.2 Å². The van der Waals surface area contributed by atoms with E-state index in [4.69, 9.17) is 15.8 Å². The maximum Gasteiger partial charge on any atom is 0.152 e. The molecule has 13 heteroatoms. The molecule has 0 fully saturated rings. The summed E-state index contributed by atoms with van der Waals surface area (Å²) in [7, 11) is 0. The topological polar surface area (TPSA) is 101 Å². The number of fused-ring (bicyclic) bond motifs is 1. The second-order valence-electron chi connectivity index (χ2n) is 3.85. The third-order valence-corrected chi connectivity index (χ3v) is 6.88. The molecule has 2 aromatic carbocycles. The Morgan fingerprint density at radius 2 is 1.52 bits per heavy atom. The molecule has 3 rings (SSSR count). The second kappa shape index (κ2) is 12.6. The van der Waals surface area contributed by atoms with Crippen molar-refractivity contribution in [2.24, 2.45) is 5.34 Å². The number of nitrogens with two attached hydrogens (primary N) is 1. The van der Waals surface area contributed by atoms with Gasteiger partial charge in [-0.15, -0.1) is 39.6 Å². The number of thiol groups is 1. The largest absolute Gasteiger partial charge is 0.397 e. The van der Waals surface area contributed by atoms with Crippen LogP contribution in [0.4, 0.5) is 5.69 Å². The Kier molecular flexibility index (Phi) is 12.7. The SMILES string of the molecule is Br.Brc1ccc(Br)c2snnc12.Nc1c(Br)ccc(Br)c1S.O=NO. The third-order valence-electron chi connectivity index (χ3n) is 2.42. The lowest BCUT2D eigenvalue weighted by Crippen LogP contribution is -1.88. The van der Waals surface area contributed by atoms with E-state index in [9.17, 15) is 0 Å². The predicted octanol–water partition coefficient (Wildman–Crippen LogP) is 7.02. The lowest BCUT2D eigenvalue weighted by molar-refractivity contribution is 0.312. The van der Waals surface area contributed by atoms with Crippen molar-refractivity contribution in [3.05, 3.63) is 47.1 Å². The molecule has 0 spiro atoms. The second-order valence-corrected chi connectivity index (χ2v) is 8.47. The Balaban J connectivity index is 0.000000388. The van der Waals surface area contributed by atoms with E-state index in [-0.39, 0.29) is 17.0 Å². The molecule has 0 saturated heterocycles. The molecule has 0 saturated carbocycles. The Labute approximate surface area is 196 Å². The van der Waals surface area contributed by atoms with E-state index in [2.05, 4.69) is 85.9 Å². The van der Waals surface area contributed by atoms with Crippen LogP contribution in [0.3, 0.4) is 0 Å². The van der Waals surface area contributed by atoms with Crippen LogP contribution < -0.4 is 5.73 Å². The number of nitrogen functional groups attached to an aromatic ring is 1. The first kappa shape index (κ1) is 25.2. The average molecular weight is 705 g/mol. The standard InChI is InChI=1S/C6H2Br2N2S.C6H5Br2NS.BrH.HNO2/c7-3-1-2-4(8)6-5(3)9-10-11-6;7-3-1-2-4(8)6(10)5(3)9;;2-1-3/h1-2H;1-2,10H,9H2;1H;(H,2,3). The Morgan fingerprint density at radius 1 is 1.04 bits per heavy atom. The highest BCUT2D eigenvalue weighted by molar-refractivity contribution is 9.11. The fourth-order valence-corrected chi connectivity index (χ4v) is 4.06. The third kappa shape index (κ3) is 7.39. The molecule has 0 radical (unpaired) electrons. The first-order valence-electron chi connectivity index (χ1n) is 5.78. The Hall–Kier alpha value is 0.210. The number of halogens is 5. The molecule has 1 aromatic heterocycles. The number of aromatic nitrogens is 2. The maximum atomic E-state index is 8.11. The van der Waals surface area contributed by atoms with Crippen LogP contribution >= 0.6 is 105 Å². The van der Waals surface area contributed by atoms with Crippen LogP contribution in [0.15, 0.2) is 52.4 Å². The van der Waals surface area contributed by atoms with Crippen molar-refractivity contribution in [3.8, 4) is 0 Å². The first-order chi connectivity index (χ1) is 11.3. The highest BCUT2D eigenvalue weighted by atomic mass is 79.9. The van der Waals surface area contributed by atoms with Gasteiger partial charge in [-0.1, -0.05) is 4.49 Å². The molecule has 1 heterocycles. The van der Waals surface area contributed by atoms with Crippen LogP contribution in [0, 0.1) is 4.91 Å². The summed E-state index contributed by atoms with van der Waals surface area (Å²) in [4.78, 5) is 8.88. The molecule has 0 aliphatic heterocycles. The molecule has 0 unspecified atom stereocenters. The Morgan fingerprint density at radius 3 is 2.04 bits per heavy atom. The number of benzene rings is 2. The van der Waals surface area contributed by atoms with Crippen molar-refractivity contribution >= 4 is 121 Å². The number of hydrogen-bond acceptors (Lipinski definition) is 7. The number of anilines is 1. The fraction of sp³-hybridized carbons (Fsp3) is 0. The van der Waals surface area contributed by atoms with Crippen LogP contribution in [-0.2, 0) is 0 Å². The molecule has 25 heavy (non-hydrogen) atoms. The molecule has 0 aliphatic carbocycles. The van der Waals surface area contributed by atoms with E-state index in [1.165, 1.54) is 16.9 Å². The zero-order valence-electron chi connectivity index (χ0n) is 11.9. The summed E-state index contributed by atoms with van der Waals surface area (Å²) in [6.07, 6.45) is 0. The molecule has 0 amide bonds. The number of rotatable bonds is 0. The molecular formula is C12H9Br5N4O2S2.